The van der Waals surface area contributed by atoms with Gasteiger partial charge in [0.2, 0.25) is 0 Å². The molecule has 2 amide bonds. The first kappa shape index (κ1) is 24.2. The van der Waals surface area contributed by atoms with Crippen LogP contribution in [0.4, 0.5) is 9.80 Å². The number of halogens is 1. The highest BCUT2D eigenvalue weighted by molar-refractivity contribution is 7.16. The Hall–Kier alpha value is -2.90. The molecule has 0 saturated carbocycles. The van der Waals surface area contributed by atoms with Gasteiger partial charge < -0.3 is 15.0 Å². The van der Waals surface area contributed by atoms with Crippen molar-refractivity contribution in [2.24, 2.45) is 0 Å². The van der Waals surface area contributed by atoms with Gasteiger partial charge in [-0.15, -0.1) is 11.3 Å². The Morgan fingerprint density at radius 1 is 1.15 bits per heavy atom. The summed E-state index contributed by atoms with van der Waals surface area (Å²) in [7, 11) is 0. The second-order valence-corrected chi connectivity index (χ2v) is 10.9. The smallest absolute Gasteiger partial charge is 0.410 e. The van der Waals surface area contributed by atoms with Crippen LogP contribution in [-0.2, 0) is 24.1 Å². The summed E-state index contributed by atoms with van der Waals surface area (Å²) in [5.74, 6) is -0.165. The minimum absolute atomic E-state index is 0.165. The van der Waals surface area contributed by atoms with E-state index in [1.165, 1.54) is 11.3 Å². The number of nitrogens with one attached hydrogen (secondary N) is 1. The summed E-state index contributed by atoms with van der Waals surface area (Å²) < 4.78 is 5.49. The molecule has 1 aliphatic heterocycles. The molecule has 34 heavy (non-hydrogen) atoms. The monoisotopic (exact) mass is 497 g/mol. The van der Waals surface area contributed by atoms with E-state index in [1.54, 1.807) is 11.0 Å². The number of anilines is 1. The number of rotatable bonds is 4. The van der Waals surface area contributed by atoms with Gasteiger partial charge in [-0.1, -0.05) is 29.8 Å². The van der Waals surface area contributed by atoms with E-state index >= 15 is 0 Å². The molecule has 0 fully saturated rings. The molecule has 2 aromatic carbocycles. The van der Waals surface area contributed by atoms with Crippen LogP contribution in [0.3, 0.4) is 0 Å². The maximum absolute atomic E-state index is 13.0. The number of ether oxygens (including phenoxy) is 1. The molecule has 0 bridgehead atoms. The number of carbonyl (C=O) groups excluding carboxylic acids is 2. The van der Waals surface area contributed by atoms with Gasteiger partial charge >= 0.3 is 6.09 Å². The number of aryl methyl sites for hydroxylation is 1. The maximum Gasteiger partial charge on any atom is 0.410 e. The van der Waals surface area contributed by atoms with Gasteiger partial charge in [0, 0.05) is 30.1 Å². The van der Waals surface area contributed by atoms with Gasteiger partial charge in [0.05, 0.1) is 10.7 Å². The van der Waals surface area contributed by atoms with E-state index in [9.17, 15) is 9.59 Å². The highest BCUT2D eigenvalue weighted by Gasteiger charge is 2.26. The van der Waals surface area contributed by atoms with Gasteiger partial charge in [-0.3, -0.25) is 4.79 Å². The average Bonchev–Trinajstić information content (AvgIpc) is 3.11. The third-order valence-electron chi connectivity index (χ3n) is 5.47. The number of aromatic nitrogens is 1. The molecule has 0 spiro atoms. The van der Waals surface area contributed by atoms with Crippen LogP contribution in [-0.4, -0.2) is 34.0 Å². The zero-order valence-corrected chi connectivity index (χ0v) is 21.3. The number of fused-ring (bicyclic) bond motifs is 1. The molecule has 1 N–H and O–H groups in total. The Labute approximate surface area is 208 Å². The van der Waals surface area contributed by atoms with Crippen molar-refractivity contribution in [1.82, 2.24) is 9.88 Å². The number of benzene rings is 2. The molecule has 0 unspecified atom stereocenters. The third kappa shape index (κ3) is 5.96. The second-order valence-electron chi connectivity index (χ2n) is 9.41. The predicted octanol–water partition coefficient (Wildman–Crippen LogP) is 6.24. The topological polar surface area (TPSA) is 71.5 Å². The first-order valence-electron chi connectivity index (χ1n) is 11.2. The normalized spacial score (nSPS) is 13.4. The summed E-state index contributed by atoms with van der Waals surface area (Å²) in [5, 5.41) is 5.40. The average molecular weight is 498 g/mol. The largest absolute Gasteiger partial charge is 0.444 e. The predicted molar refractivity (Wildman–Crippen MR) is 136 cm³/mol. The Balaban J connectivity index is 1.41. The van der Waals surface area contributed by atoms with Gasteiger partial charge in [0.1, 0.15) is 10.6 Å². The van der Waals surface area contributed by atoms with Gasteiger partial charge in [-0.05, 0) is 75.1 Å². The van der Waals surface area contributed by atoms with Crippen LogP contribution in [0.25, 0.3) is 0 Å². The molecule has 0 saturated heterocycles. The fraction of sp³-hybridized carbons (Fsp3) is 0.346. The van der Waals surface area contributed by atoms with Gasteiger partial charge in [-0.2, -0.15) is 0 Å². The standard InChI is InChI=1S/C26H28ClN3O3S/c1-16-24(34-22(28-16)13-17-5-9-21(27)10-6-17)29-23(31)19-7-8-20-15-30(12-11-18(20)14-19)25(32)33-26(2,3)4/h5-10,14H,11-13,15H2,1-4H3,(H,29,31). The van der Waals surface area contributed by atoms with Crippen LogP contribution in [0, 0.1) is 6.92 Å². The minimum atomic E-state index is -0.525. The van der Waals surface area contributed by atoms with Crippen molar-refractivity contribution < 1.29 is 14.3 Å². The van der Waals surface area contributed by atoms with Gasteiger partial charge in [0.15, 0.2) is 0 Å². The summed E-state index contributed by atoms with van der Waals surface area (Å²) in [5.41, 5.74) is 4.10. The highest BCUT2D eigenvalue weighted by Crippen LogP contribution is 2.28. The number of carbonyl (C=O) groups is 2. The van der Waals surface area contributed by atoms with Crippen molar-refractivity contribution in [1.29, 1.82) is 0 Å². The van der Waals surface area contributed by atoms with Crippen LogP contribution in [0.15, 0.2) is 42.5 Å². The molecule has 0 radical (unpaired) electrons. The number of hydrogen-bond donors (Lipinski definition) is 1. The van der Waals surface area contributed by atoms with E-state index in [0.717, 1.165) is 32.4 Å². The maximum atomic E-state index is 13.0. The van der Waals surface area contributed by atoms with E-state index in [-0.39, 0.29) is 12.0 Å². The summed E-state index contributed by atoms with van der Waals surface area (Å²) in [4.78, 5) is 31.7. The lowest BCUT2D eigenvalue weighted by atomic mass is 9.97. The van der Waals surface area contributed by atoms with Crippen LogP contribution in [0.5, 0.6) is 0 Å². The molecule has 0 aliphatic carbocycles. The quantitative estimate of drug-likeness (QED) is 0.463. The van der Waals surface area contributed by atoms with Crippen molar-refractivity contribution in [2.75, 3.05) is 11.9 Å². The SMILES string of the molecule is Cc1nc(Cc2ccc(Cl)cc2)sc1NC(=O)c1ccc2c(c1)CCN(C(=O)OC(C)(C)C)C2. The molecule has 0 atom stereocenters. The zero-order valence-electron chi connectivity index (χ0n) is 19.8. The summed E-state index contributed by atoms with van der Waals surface area (Å²) in [6, 6.07) is 13.3. The molecule has 1 aromatic heterocycles. The molecule has 2 heterocycles. The van der Waals surface area contributed by atoms with Crippen LogP contribution in [0.2, 0.25) is 5.02 Å². The third-order valence-corrected chi connectivity index (χ3v) is 6.79. The molecule has 4 rings (SSSR count). The number of hydrogen-bond acceptors (Lipinski definition) is 5. The lowest BCUT2D eigenvalue weighted by Crippen LogP contribution is -2.39. The van der Waals surface area contributed by atoms with Crippen molar-refractivity contribution in [3.63, 3.8) is 0 Å². The number of nitrogens with zero attached hydrogens (tertiary/aromatic N) is 2. The molecule has 3 aromatic rings. The molecule has 178 valence electrons. The van der Waals surface area contributed by atoms with E-state index in [2.05, 4.69) is 10.3 Å². The van der Waals surface area contributed by atoms with Gasteiger partial charge in [-0.25, -0.2) is 9.78 Å². The van der Waals surface area contributed by atoms with E-state index in [1.807, 2.05) is 64.1 Å². The molecule has 8 heteroatoms. The first-order chi connectivity index (χ1) is 16.1. The van der Waals surface area contributed by atoms with Crippen LogP contribution >= 0.6 is 22.9 Å². The van der Waals surface area contributed by atoms with Crippen molar-refractivity contribution in [3.05, 3.63) is 80.4 Å². The summed E-state index contributed by atoms with van der Waals surface area (Å²) >= 11 is 7.45. The Morgan fingerprint density at radius 3 is 2.59 bits per heavy atom. The molecule has 6 nitrogen and oxygen atoms in total. The lowest BCUT2D eigenvalue weighted by molar-refractivity contribution is 0.0224. The van der Waals surface area contributed by atoms with Crippen molar-refractivity contribution >= 4 is 39.9 Å². The highest BCUT2D eigenvalue weighted by atomic mass is 35.5. The lowest BCUT2D eigenvalue weighted by Gasteiger charge is -2.31. The second kappa shape index (κ2) is 9.76. The Kier molecular flexibility index (Phi) is 6.96. The van der Waals surface area contributed by atoms with E-state index in [4.69, 9.17) is 16.3 Å². The van der Waals surface area contributed by atoms with Crippen LogP contribution in [0.1, 0.15) is 58.5 Å². The first-order valence-corrected chi connectivity index (χ1v) is 12.4. The number of amides is 2. The summed E-state index contributed by atoms with van der Waals surface area (Å²) in [6.45, 7) is 8.52. The number of thiazole rings is 1. The Bertz CT molecular complexity index is 1220. The van der Waals surface area contributed by atoms with Crippen LogP contribution < -0.4 is 5.32 Å². The minimum Gasteiger partial charge on any atom is -0.444 e. The molecular weight excluding hydrogens is 470 g/mol. The summed E-state index contributed by atoms with van der Waals surface area (Å²) in [6.07, 6.45) is 1.06. The molecular formula is C26H28ClN3O3S. The zero-order chi connectivity index (χ0) is 24.5. The Morgan fingerprint density at radius 2 is 1.88 bits per heavy atom. The fourth-order valence-corrected chi connectivity index (χ4v) is 4.89. The van der Waals surface area contributed by atoms with Crippen molar-refractivity contribution in [2.45, 2.75) is 52.7 Å². The molecule has 1 aliphatic rings. The van der Waals surface area contributed by atoms with Gasteiger partial charge in [0.25, 0.3) is 5.91 Å². The van der Waals surface area contributed by atoms with Crippen molar-refractivity contribution in [3.8, 4) is 0 Å². The fourth-order valence-electron chi connectivity index (χ4n) is 3.77. The van der Waals surface area contributed by atoms with E-state index in [0.29, 0.717) is 36.5 Å². The van der Waals surface area contributed by atoms with E-state index < -0.39 is 5.60 Å².